The Morgan fingerprint density at radius 2 is 1.11 bits per heavy atom. The van der Waals surface area contributed by atoms with Gasteiger partial charge in [0.05, 0.1) is 0 Å². The largest absolute Gasteiger partial charge is 0.0885 e. The maximum Gasteiger partial charge on any atom is -0.0316 e. The summed E-state index contributed by atoms with van der Waals surface area (Å²) in [6, 6.07) is 0. The van der Waals surface area contributed by atoms with Crippen LogP contribution in [0.25, 0.3) is 0 Å². The Labute approximate surface area is 116 Å². The lowest BCUT2D eigenvalue weighted by atomic mass is 10.1. The maximum absolute atomic E-state index is 3.82. The summed E-state index contributed by atoms with van der Waals surface area (Å²) in [5, 5.41) is 0. The van der Waals surface area contributed by atoms with Crippen LogP contribution in [-0.4, -0.2) is 0 Å². The molecule has 0 aromatic heterocycles. The molecule has 0 N–H and O–H groups in total. The molecule has 0 aromatic carbocycles. The van der Waals surface area contributed by atoms with Crippen molar-refractivity contribution in [2.24, 2.45) is 0 Å². The van der Waals surface area contributed by atoms with Crippen molar-refractivity contribution in [3.05, 3.63) is 31.2 Å². The van der Waals surface area contributed by atoms with Crippen molar-refractivity contribution >= 4 is 0 Å². The zero-order valence-corrected chi connectivity index (χ0v) is 12.5. The van der Waals surface area contributed by atoms with E-state index in [4.69, 9.17) is 0 Å². The monoisotopic (exact) mass is 249 g/mol. The molecule has 105 valence electrons. The third-order valence-electron chi connectivity index (χ3n) is 3.18. The molecule has 0 nitrogen and oxygen atoms in total. The van der Waals surface area contributed by atoms with Gasteiger partial charge < -0.3 is 0 Å². The van der Waals surface area contributed by atoms with Crippen LogP contribution >= 0.6 is 0 Å². The van der Waals surface area contributed by atoms with Crippen molar-refractivity contribution in [3.8, 4) is 0 Å². The van der Waals surface area contributed by atoms with E-state index in [0.717, 1.165) is 12.8 Å². The second-order valence-corrected chi connectivity index (χ2v) is 5.07. The second kappa shape index (κ2) is 16.5. The van der Waals surface area contributed by atoms with Crippen LogP contribution in [-0.2, 0) is 0 Å². The number of hydrogen-bond acceptors (Lipinski definition) is 0. The molecule has 0 saturated heterocycles. The highest BCUT2D eigenvalue weighted by molar-refractivity contribution is 4.88. The lowest BCUT2D eigenvalue weighted by molar-refractivity contribution is 0.592. The van der Waals surface area contributed by atoms with Gasteiger partial charge in [-0.15, -0.1) is 0 Å². The minimum atomic E-state index is 1.02. The van der Waals surface area contributed by atoms with Crippen LogP contribution in [0.3, 0.4) is 0 Å². The van der Waals surface area contributed by atoms with Gasteiger partial charge in [0.1, 0.15) is 0 Å². The molecule has 0 heterocycles. The first-order valence-corrected chi connectivity index (χ1v) is 8.01. The minimum absolute atomic E-state index is 1.02. The van der Waals surface area contributed by atoms with Crippen molar-refractivity contribution in [3.63, 3.8) is 0 Å². The molecule has 18 heavy (non-hydrogen) atoms. The minimum Gasteiger partial charge on any atom is -0.0885 e. The summed E-state index contributed by atoms with van der Waals surface area (Å²) in [6.45, 7) is 6.10. The molecule has 1 radical (unpaired) electrons. The first-order valence-electron chi connectivity index (χ1n) is 8.01. The summed E-state index contributed by atoms with van der Waals surface area (Å²) in [5.41, 5.74) is 0. The van der Waals surface area contributed by atoms with Crippen LogP contribution < -0.4 is 0 Å². The molecule has 0 aliphatic rings. The number of unbranched alkanes of at least 4 members (excludes halogenated alkanes) is 9. The molecule has 0 aliphatic heterocycles. The molecule has 0 unspecified atom stereocenters. The van der Waals surface area contributed by atoms with Crippen molar-refractivity contribution in [1.29, 1.82) is 0 Å². The van der Waals surface area contributed by atoms with Crippen LogP contribution in [0.5, 0.6) is 0 Å². The quantitative estimate of drug-likeness (QED) is 0.254. The summed E-state index contributed by atoms with van der Waals surface area (Å²) < 4.78 is 0. The van der Waals surface area contributed by atoms with Gasteiger partial charge in [-0.2, -0.15) is 0 Å². The van der Waals surface area contributed by atoms with Crippen LogP contribution in [0.15, 0.2) is 24.3 Å². The molecule has 0 spiro atoms. The van der Waals surface area contributed by atoms with E-state index in [9.17, 15) is 0 Å². The van der Waals surface area contributed by atoms with E-state index in [2.05, 4.69) is 38.2 Å². The smallest absolute Gasteiger partial charge is 0.0316 e. The molecule has 0 aliphatic carbocycles. The van der Waals surface area contributed by atoms with Crippen LogP contribution in [0.2, 0.25) is 0 Å². The second-order valence-electron chi connectivity index (χ2n) is 5.07. The highest BCUT2D eigenvalue weighted by Gasteiger charge is 1.89. The highest BCUT2D eigenvalue weighted by atomic mass is 14.0. The van der Waals surface area contributed by atoms with Gasteiger partial charge in [0.2, 0.25) is 0 Å². The number of hydrogen-bond donors (Lipinski definition) is 0. The SMILES string of the molecule is [CH2]CCC=CCCC=CCCCCCCCCC. The van der Waals surface area contributed by atoms with Crippen LogP contribution in [0.1, 0.15) is 84.0 Å². The Kier molecular flexibility index (Phi) is 16.0. The third-order valence-corrected chi connectivity index (χ3v) is 3.18. The topological polar surface area (TPSA) is 0 Å². The van der Waals surface area contributed by atoms with Gasteiger partial charge >= 0.3 is 0 Å². The fourth-order valence-electron chi connectivity index (χ4n) is 2.00. The fraction of sp³-hybridized carbons (Fsp3) is 0.722. The predicted molar refractivity (Wildman–Crippen MR) is 84.7 cm³/mol. The van der Waals surface area contributed by atoms with E-state index < -0.39 is 0 Å². The van der Waals surface area contributed by atoms with Crippen LogP contribution in [0.4, 0.5) is 0 Å². The Balaban J connectivity index is 3.09. The Hall–Kier alpha value is -0.520. The van der Waals surface area contributed by atoms with E-state index in [0.29, 0.717) is 0 Å². The van der Waals surface area contributed by atoms with E-state index >= 15 is 0 Å². The maximum atomic E-state index is 3.82. The summed E-state index contributed by atoms with van der Waals surface area (Å²) in [4.78, 5) is 0. The summed E-state index contributed by atoms with van der Waals surface area (Å²) in [5.74, 6) is 0. The van der Waals surface area contributed by atoms with Crippen molar-refractivity contribution < 1.29 is 0 Å². The zero-order chi connectivity index (χ0) is 13.3. The lowest BCUT2D eigenvalue weighted by Crippen LogP contribution is -1.78. The van der Waals surface area contributed by atoms with Gasteiger partial charge in [-0.3, -0.25) is 0 Å². The van der Waals surface area contributed by atoms with E-state index in [1.165, 1.54) is 64.2 Å². The molecule has 0 bridgehead atoms. The van der Waals surface area contributed by atoms with E-state index in [-0.39, 0.29) is 0 Å². The Bertz CT molecular complexity index is 188. The highest BCUT2D eigenvalue weighted by Crippen LogP contribution is 2.08. The summed E-state index contributed by atoms with van der Waals surface area (Å²) in [6.07, 6.45) is 24.9. The summed E-state index contributed by atoms with van der Waals surface area (Å²) >= 11 is 0. The molecular weight excluding hydrogens is 216 g/mol. The van der Waals surface area contributed by atoms with Crippen molar-refractivity contribution in [2.45, 2.75) is 84.0 Å². The van der Waals surface area contributed by atoms with Gasteiger partial charge in [-0.1, -0.05) is 76.7 Å². The third kappa shape index (κ3) is 15.5. The fourth-order valence-corrected chi connectivity index (χ4v) is 2.00. The van der Waals surface area contributed by atoms with E-state index in [1.54, 1.807) is 0 Å². The standard InChI is InChI=1S/C18H33/c1-3-5-7-9-11-13-15-17-18-16-14-12-10-8-6-4-2/h7,9,15,17H,1,3-6,8,10-14,16,18H2,2H3. The molecular formula is C18H33. The Morgan fingerprint density at radius 1 is 0.611 bits per heavy atom. The van der Waals surface area contributed by atoms with Gasteiger partial charge in [0.15, 0.2) is 0 Å². The summed E-state index contributed by atoms with van der Waals surface area (Å²) in [7, 11) is 0. The average molecular weight is 249 g/mol. The lowest BCUT2D eigenvalue weighted by Gasteiger charge is -1.98. The van der Waals surface area contributed by atoms with Gasteiger partial charge in [-0.05, 0) is 38.5 Å². The molecule has 0 rings (SSSR count). The van der Waals surface area contributed by atoms with Gasteiger partial charge in [0, 0.05) is 0 Å². The van der Waals surface area contributed by atoms with Crippen molar-refractivity contribution in [1.82, 2.24) is 0 Å². The molecule has 0 amide bonds. The Morgan fingerprint density at radius 3 is 1.72 bits per heavy atom. The molecule has 0 saturated carbocycles. The number of rotatable bonds is 13. The molecule has 0 heteroatoms. The zero-order valence-electron chi connectivity index (χ0n) is 12.5. The molecule has 0 atom stereocenters. The van der Waals surface area contributed by atoms with Crippen molar-refractivity contribution in [2.75, 3.05) is 0 Å². The normalized spacial score (nSPS) is 11.9. The average Bonchev–Trinajstić information content (AvgIpc) is 2.39. The molecule has 0 aromatic rings. The predicted octanol–water partition coefficient (Wildman–Crippen LogP) is 6.63. The first kappa shape index (κ1) is 17.5. The van der Waals surface area contributed by atoms with E-state index in [1.807, 2.05) is 0 Å². The molecule has 0 fully saturated rings. The van der Waals surface area contributed by atoms with Gasteiger partial charge in [-0.25, -0.2) is 0 Å². The number of allylic oxidation sites excluding steroid dienone is 4. The van der Waals surface area contributed by atoms with Crippen LogP contribution in [0, 0.1) is 6.92 Å². The first-order chi connectivity index (χ1) is 8.91. The van der Waals surface area contributed by atoms with Gasteiger partial charge in [0.25, 0.3) is 0 Å².